The summed E-state index contributed by atoms with van der Waals surface area (Å²) >= 11 is 0. The Morgan fingerprint density at radius 2 is 1.67 bits per heavy atom. The first kappa shape index (κ1) is 20.2. The molecule has 0 unspecified atom stereocenters. The molecule has 4 aromatic rings. The van der Waals surface area contributed by atoms with Gasteiger partial charge in [-0.15, -0.1) is 0 Å². The van der Waals surface area contributed by atoms with Crippen LogP contribution in [0.25, 0.3) is 22.3 Å². The van der Waals surface area contributed by atoms with Crippen molar-refractivity contribution in [3.05, 3.63) is 93.8 Å². The topological polar surface area (TPSA) is 47.4 Å². The van der Waals surface area contributed by atoms with Gasteiger partial charge in [-0.25, -0.2) is 4.98 Å². The van der Waals surface area contributed by atoms with Gasteiger partial charge in [-0.3, -0.25) is 14.3 Å². The lowest BCUT2D eigenvalue weighted by molar-refractivity contribution is 0.221. The number of nitrogens with zero attached hydrogens (tertiary/aromatic N) is 3. The number of aromatic nitrogens is 2. The molecule has 5 nitrogen and oxygen atoms in total. The van der Waals surface area contributed by atoms with Crippen molar-refractivity contribution in [3.63, 3.8) is 0 Å². The van der Waals surface area contributed by atoms with Crippen molar-refractivity contribution in [1.82, 2.24) is 14.5 Å². The molecule has 33 heavy (non-hydrogen) atoms. The fourth-order valence-electron chi connectivity index (χ4n) is 5.11. The van der Waals surface area contributed by atoms with Crippen LogP contribution in [0.1, 0.15) is 23.1 Å². The molecule has 0 N–H and O–H groups in total. The predicted octanol–water partition coefficient (Wildman–Crippen LogP) is 4.45. The summed E-state index contributed by atoms with van der Waals surface area (Å²) in [6, 6.07) is 22.6. The molecule has 0 fully saturated rings. The number of hydrogen-bond donors (Lipinski definition) is 0. The normalized spacial score (nSPS) is 15.0. The highest BCUT2D eigenvalue weighted by Crippen LogP contribution is 2.28. The van der Waals surface area contributed by atoms with E-state index in [-0.39, 0.29) is 5.56 Å². The maximum atomic E-state index is 13.2. The Hall–Kier alpha value is -3.44. The minimum Gasteiger partial charge on any atom is -0.494 e. The average Bonchev–Trinajstić information content (AvgIpc) is 2.87. The van der Waals surface area contributed by atoms with Crippen molar-refractivity contribution in [2.75, 3.05) is 19.7 Å². The molecule has 2 aliphatic rings. The summed E-state index contributed by atoms with van der Waals surface area (Å²) in [4.78, 5) is 20.6. The zero-order valence-corrected chi connectivity index (χ0v) is 18.7. The zero-order chi connectivity index (χ0) is 22.2. The SMILES string of the molecule is O=c1c2cc(OCCCN3CCc4ccccc4C3)ccc2nc2n1CCc1ccccc1-2. The van der Waals surface area contributed by atoms with Gasteiger partial charge in [-0.1, -0.05) is 48.5 Å². The highest BCUT2D eigenvalue weighted by molar-refractivity contribution is 5.82. The molecule has 166 valence electrons. The Morgan fingerprint density at radius 3 is 2.58 bits per heavy atom. The summed E-state index contributed by atoms with van der Waals surface area (Å²) in [5.74, 6) is 1.51. The Labute approximate surface area is 193 Å². The average molecular weight is 438 g/mol. The number of fused-ring (bicyclic) bond motifs is 5. The number of benzene rings is 3. The molecule has 3 heterocycles. The van der Waals surface area contributed by atoms with Gasteiger partial charge < -0.3 is 4.74 Å². The van der Waals surface area contributed by atoms with E-state index in [1.807, 2.05) is 34.9 Å². The second kappa shape index (κ2) is 8.49. The first-order valence-corrected chi connectivity index (χ1v) is 11.8. The van der Waals surface area contributed by atoms with Crippen LogP contribution >= 0.6 is 0 Å². The second-order valence-electron chi connectivity index (χ2n) is 8.98. The minimum atomic E-state index is 0.0157. The molecular formula is C28H27N3O2. The molecule has 0 radical (unpaired) electrons. The van der Waals surface area contributed by atoms with Crippen LogP contribution in [0.4, 0.5) is 0 Å². The number of aryl methyl sites for hydroxylation is 1. The first-order valence-electron chi connectivity index (χ1n) is 11.8. The van der Waals surface area contributed by atoms with Crippen molar-refractivity contribution >= 4 is 10.9 Å². The van der Waals surface area contributed by atoms with E-state index < -0.39 is 0 Å². The van der Waals surface area contributed by atoms with Gasteiger partial charge in [0.2, 0.25) is 0 Å². The highest BCUT2D eigenvalue weighted by atomic mass is 16.5. The lowest BCUT2D eigenvalue weighted by Crippen LogP contribution is -2.32. The summed E-state index contributed by atoms with van der Waals surface area (Å²) in [6.45, 7) is 4.43. The van der Waals surface area contributed by atoms with Crippen LogP contribution in [0.2, 0.25) is 0 Å². The second-order valence-corrected chi connectivity index (χ2v) is 8.98. The van der Waals surface area contributed by atoms with Crippen LogP contribution in [0.15, 0.2) is 71.5 Å². The summed E-state index contributed by atoms with van der Waals surface area (Å²) < 4.78 is 7.84. The van der Waals surface area contributed by atoms with E-state index in [1.165, 1.54) is 16.7 Å². The molecule has 0 amide bonds. The van der Waals surface area contributed by atoms with Crippen molar-refractivity contribution in [2.24, 2.45) is 0 Å². The molecular weight excluding hydrogens is 410 g/mol. The van der Waals surface area contributed by atoms with Crippen molar-refractivity contribution < 1.29 is 4.74 Å². The molecule has 0 aliphatic carbocycles. The third-order valence-electron chi connectivity index (χ3n) is 6.89. The molecule has 0 atom stereocenters. The summed E-state index contributed by atoms with van der Waals surface area (Å²) in [6.07, 6.45) is 2.93. The monoisotopic (exact) mass is 437 g/mol. The van der Waals surface area contributed by atoms with Crippen LogP contribution in [0, 0.1) is 0 Å². The first-order chi connectivity index (χ1) is 16.3. The molecule has 3 aromatic carbocycles. The van der Waals surface area contributed by atoms with Crippen molar-refractivity contribution in [1.29, 1.82) is 0 Å². The van der Waals surface area contributed by atoms with Crippen LogP contribution in [-0.2, 0) is 25.9 Å². The van der Waals surface area contributed by atoms with Crippen molar-refractivity contribution in [3.8, 4) is 17.1 Å². The van der Waals surface area contributed by atoms with Gasteiger partial charge in [0.25, 0.3) is 5.56 Å². The van der Waals surface area contributed by atoms with Gasteiger partial charge >= 0.3 is 0 Å². The molecule has 0 saturated carbocycles. The summed E-state index contributed by atoms with van der Waals surface area (Å²) in [5, 5.41) is 0.628. The Kier molecular flexibility index (Phi) is 5.19. The van der Waals surface area contributed by atoms with Gasteiger partial charge in [-0.2, -0.15) is 0 Å². The highest BCUT2D eigenvalue weighted by Gasteiger charge is 2.20. The number of rotatable bonds is 5. The van der Waals surface area contributed by atoms with Gasteiger partial charge in [0.15, 0.2) is 0 Å². The zero-order valence-electron chi connectivity index (χ0n) is 18.7. The van der Waals surface area contributed by atoms with Gasteiger partial charge in [0.05, 0.1) is 17.5 Å². The minimum absolute atomic E-state index is 0.0157. The van der Waals surface area contributed by atoms with Crippen LogP contribution in [0.5, 0.6) is 5.75 Å². The van der Waals surface area contributed by atoms with E-state index in [2.05, 4.69) is 41.3 Å². The third kappa shape index (κ3) is 3.83. The van der Waals surface area contributed by atoms with E-state index >= 15 is 0 Å². The van der Waals surface area contributed by atoms with Gasteiger partial charge in [-0.05, 0) is 54.2 Å². The Balaban J connectivity index is 1.14. The molecule has 0 saturated heterocycles. The third-order valence-corrected chi connectivity index (χ3v) is 6.89. The fraction of sp³-hybridized carbons (Fsp3) is 0.286. The largest absolute Gasteiger partial charge is 0.494 e. The lowest BCUT2D eigenvalue weighted by atomic mass is 10.00. The predicted molar refractivity (Wildman–Crippen MR) is 131 cm³/mol. The summed E-state index contributed by atoms with van der Waals surface area (Å²) in [7, 11) is 0. The maximum absolute atomic E-state index is 13.2. The van der Waals surface area contributed by atoms with E-state index in [4.69, 9.17) is 9.72 Å². The maximum Gasteiger partial charge on any atom is 0.261 e. The molecule has 6 rings (SSSR count). The molecule has 2 aliphatic heterocycles. The number of hydrogen-bond acceptors (Lipinski definition) is 4. The fourth-order valence-corrected chi connectivity index (χ4v) is 5.11. The Bertz CT molecular complexity index is 1390. The van der Waals surface area contributed by atoms with E-state index in [0.717, 1.165) is 61.6 Å². The standard InChI is InChI=1S/C28H27N3O2/c32-28-25-18-23(33-17-5-14-30-15-12-20-6-1-2-8-22(20)19-30)10-11-26(25)29-27-24-9-4-3-7-21(24)13-16-31(27)28/h1-4,6-11,18H,5,12-17,19H2. The summed E-state index contributed by atoms with van der Waals surface area (Å²) in [5.41, 5.74) is 5.97. The van der Waals surface area contributed by atoms with E-state index in [1.54, 1.807) is 0 Å². The molecule has 0 bridgehead atoms. The lowest BCUT2D eigenvalue weighted by Gasteiger charge is -2.28. The van der Waals surface area contributed by atoms with Crippen molar-refractivity contribution in [2.45, 2.75) is 32.4 Å². The molecule has 1 aromatic heterocycles. The van der Waals surface area contributed by atoms with E-state index in [0.29, 0.717) is 18.5 Å². The molecule has 0 spiro atoms. The molecule has 5 heteroatoms. The van der Waals surface area contributed by atoms with Gasteiger partial charge in [0.1, 0.15) is 11.6 Å². The van der Waals surface area contributed by atoms with E-state index in [9.17, 15) is 4.79 Å². The smallest absolute Gasteiger partial charge is 0.261 e. The van der Waals surface area contributed by atoms with Crippen LogP contribution in [-0.4, -0.2) is 34.1 Å². The Morgan fingerprint density at radius 1 is 0.879 bits per heavy atom. The number of ether oxygens (including phenoxy) is 1. The van der Waals surface area contributed by atoms with Gasteiger partial charge in [0, 0.05) is 31.7 Å². The van der Waals surface area contributed by atoms with Crippen LogP contribution in [0.3, 0.4) is 0 Å². The van der Waals surface area contributed by atoms with Crippen LogP contribution < -0.4 is 10.3 Å². The quantitative estimate of drug-likeness (QED) is 0.433.